The minimum absolute atomic E-state index is 0.0155. The van der Waals surface area contributed by atoms with E-state index in [9.17, 15) is 24.3 Å². The molecule has 2 aliphatic rings. The number of esters is 1. The molecule has 44 heavy (non-hydrogen) atoms. The van der Waals surface area contributed by atoms with Gasteiger partial charge in [0.05, 0.1) is 44.9 Å². The molecule has 6 rings (SSSR count). The number of aromatic nitrogens is 1. The van der Waals surface area contributed by atoms with E-state index in [1.54, 1.807) is 55.5 Å². The van der Waals surface area contributed by atoms with Crippen LogP contribution in [0.3, 0.4) is 0 Å². The highest BCUT2D eigenvalue weighted by molar-refractivity contribution is 9.10. The molecule has 2 heterocycles. The minimum atomic E-state index is -0.758. The SMILES string of the molecule is Cc1c(Cl)c(Br)cc2c(C(=O)OCC(=O)c3ccccc3O)cc(-c3ccc(N4C(=O)C5CC=CC(C)C5C4=O)cc3)nc12. The fourth-order valence-electron chi connectivity index (χ4n) is 5.96. The summed E-state index contributed by atoms with van der Waals surface area (Å²) in [4.78, 5) is 58.6. The number of carbonyl (C=O) groups excluding carboxylic acids is 4. The number of halogens is 2. The first-order valence-electron chi connectivity index (χ1n) is 14.0. The Kier molecular flexibility index (Phi) is 7.86. The second kappa shape index (κ2) is 11.6. The zero-order chi connectivity index (χ0) is 31.3. The quantitative estimate of drug-likeness (QED) is 0.101. The van der Waals surface area contributed by atoms with E-state index in [4.69, 9.17) is 21.3 Å². The van der Waals surface area contributed by atoms with Crippen LogP contribution >= 0.6 is 27.5 Å². The van der Waals surface area contributed by atoms with Crippen molar-refractivity contribution in [3.63, 3.8) is 0 Å². The third-order valence-electron chi connectivity index (χ3n) is 8.28. The summed E-state index contributed by atoms with van der Waals surface area (Å²) in [6.07, 6.45) is 4.50. The van der Waals surface area contributed by atoms with Gasteiger partial charge in [0.2, 0.25) is 17.6 Å². The van der Waals surface area contributed by atoms with Crippen LogP contribution in [0.4, 0.5) is 5.69 Å². The number of pyridine rings is 1. The number of imide groups is 1. The van der Waals surface area contributed by atoms with E-state index in [-0.39, 0.29) is 46.4 Å². The number of aryl methyl sites for hydroxylation is 1. The second-order valence-electron chi connectivity index (χ2n) is 11.0. The van der Waals surface area contributed by atoms with Crippen LogP contribution in [0.25, 0.3) is 22.2 Å². The number of hydrogen-bond donors (Lipinski definition) is 1. The molecule has 0 saturated carbocycles. The maximum atomic E-state index is 13.4. The van der Waals surface area contributed by atoms with E-state index >= 15 is 0 Å². The molecule has 3 atom stereocenters. The fraction of sp³-hybridized carbons (Fsp3) is 0.206. The van der Waals surface area contributed by atoms with Crippen molar-refractivity contribution in [2.24, 2.45) is 17.8 Å². The standard InChI is InChI=1S/C34H26BrClN2O6/c1-17-6-5-8-22-29(17)33(42)38(32(22)41)20-12-10-19(11-13-20)26-15-24(23-14-25(35)30(36)18(2)31(23)37-26)34(43)44-16-28(40)21-7-3-4-9-27(21)39/h3-7,9-15,17,22,29,39H,8,16H2,1-2H3. The number of nitrogens with zero attached hydrogens (tertiary/aromatic N) is 2. The Morgan fingerprint density at radius 3 is 2.50 bits per heavy atom. The molecule has 2 amide bonds. The van der Waals surface area contributed by atoms with Gasteiger partial charge in [0.25, 0.3) is 0 Å². The predicted molar refractivity (Wildman–Crippen MR) is 170 cm³/mol. The Labute approximate surface area is 266 Å². The smallest absolute Gasteiger partial charge is 0.339 e. The highest BCUT2D eigenvalue weighted by atomic mass is 79.9. The number of carbonyl (C=O) groups is 4. The first-order chi connectivity index (χ1) is 21.1. The fourth-order valence-corrected chi connectivity index (χ4v) is 6.63. The van der Waals surface area contributed by atoms with E-state index in [2.05, 4.69) is 15.9 Å². The lowest BCUT2D eigenvalue weighted by Crippen LogP contribution is -2.31. The maximum Gasteiger partial charge on any atom is 0.339 e. The Hall–Kier alpha value is -4.34. The molecule has 8 nitrogen and oxygen atoms in total. The van der Waals surface area contributed by atoms with Gasteiger partial charge in [-0.25, -0.2) is 9.78 Å². The molecule has 1 fully saturated rings. The molecule has 1 N–H and O–H groups in total. The minimum Gasteiger partial charge on any atom is -0.507 e. The Balaban J connectivity index is 1.34. The summed E-state index contributed by atoms with van der Waals surface area (Å²) in [5.74, 6) is -2.66. The molecule has 1 aliphatic heterocycles. The molecule has 0 spiro atoms. The second-order valence-corrected chi connectivity index (χ2v) is 12.2. The van der Waals surface area contributed by atoms with E-state index in [1.807, 2.05) is 19.1 Å². The van der Waals surface area contributed by atoms with Crippen molar-refractivity contribution in [3.8, 4) is 17.0 Å². The molecule has 10 heteroatoms. The predicted octanol–water partition coefficient (Wildman–Crippen LogP) is 7.07. The van der Waals surface area contributed by atoms with Crippen molar-refractivity contribution >= 4 is 67.7 Å². The van der Waals surface area contributed by atoms with Crippen LogP contribution in [-0.2, 0) is 14.3 Å². The number of para-hydroxylation sites is 1. The van der Waals surface area contributed by atoms with Gasteiger partial charge < -0.3 is 9.84 Å². The molecule has 1 saturated heterocycles. The van der Waals surface area contributed by atoms with Gasteiger partial charge in [-0.2, -0.15) is 0 Å². The van der Waals surface area contributed by atoms with Crippen LogP contribution in [0, 0.1) is 24.7 Å². The molecule has 0 radical (unpaired) electrons. The van der Waals surface area contributed by atoms with Crippen molar-refractivity contribution in [2.75, 3.05) is 11.5 Å². The molecule has 0 bridgehead atoms. The average Bonchev–Trinajstić information content (AvgIpc) is 3.28. The molecule has 3 unspecified atom stereocenters. The van der Waals surface area contributed by atoms with Gasteiger partial charge in [-0.1, -0.05) is 54.9 Å². The number of phenols is 1. The molecule has 1 aliphatic carbocycles. The Bertz CT molecular complexity index is 1900. The number of fused-ring (bicyclic) bond motifs is 2. The van der Waals surface area contributed by atoms with Gasteiger partial charge in [0.1, 0.15) is 5.75 Å². The summed E-state index contributed by atoms with van der Waals surface area (Å²) in [5, 5.41) is 10.9. The van der Waals surface area contributed by atoms with Crippen molar-refractivity contribution < 1.29 is 29.0 Å². The van der Waals surface area contributed by atoms with Gasteiger partial charge in [0.15, 0.2) is 6.61 Å². The van der Waals surface area contributed by atoms with Crippen molar-refractivity contribution in [3.05, 3.63) is 99.0 Å². The van der Waals surface area contributed by atoms with E-state index in [1.165, 1.54) is 17.0 Å². The number of anilines is 1. The van der Waals surface area contributed by atoms with Crippen LogP contribution in [-0.4, -0.2) is 40.3 Å². The third-order valence-corrected chi connectivity index (χ3v) is 9.62. The molecule has 3 aromatic carbocycles. The summed E-state index contributed by atoms with van der Waals surface area (Å²) in [6, 6.07) is 16.1. The summed E-state index contributed by atoms with van der Waals surface area (Å²) >= 11 is 9.94. The van der Waals surface area contributed by atoms with Crippen LogP contribution in [0.2, 0.25) is 5.02 Å². The number of benzene rings is 3. The average molecular weight is 674 g/mol. The molecular formula is C34H26BrClN2O6. The molecule has 4 aromatic rings. The van der Waals surface area contributed by atoms with Crippen molar-refractivity contribution in [1.82, 2.24) is 4.98 Å². The summed E-state index contributed by atoms with van der Waals surface area (Å²) in [7, 11) is 0. The van der Waals surface area contributed by atoms with Crippen LogP contribution in [0.1, 0.15) is 39.6 Å². The zero-order valence-corrected chi connectivity index (χ0v) is 26.1. The lowest BCUT2D eigenvalue weighted by molar-refractivity contribution is -0.122. The number of rotatable bonds is 6. The summed E-state index contributed by atoms with van der Waals surface area (Å²) < 4.78 is 5.97. The number of ether oxygens (including phenoxy) is 1. The monoisotopic (exact) mass is 672 g/mol. The van der Waals surface area contributed by atoms with Gasteiger partial charge in [-0.3, -0.25) is 19.3 Å². The first kappa shape index (κ1) is 29.7. The van der Waals surface area contributed by atoms with E-state index in [0.29, 0.717) is 49.3 Å². The molecule has 1 aromatic heterocycles. The Morgan fingerprint density at radius 2 is 1.80 bits per heavy atom. The van der Waals surface area contributed by atoms with Gasteiger partial charge in [-0.15, -0.1) is 0 Å². The van der Waals surface area contributed by atoms with Gasteiger partial charge in [-0.05, 0) is 77.2 Å². The molecule has 222 valence electrons. The lowest BCUT2D eigenvalue weighted by atomic mass is 9.78. The topological polar surface area (TPSA) is 114 Å². The third kappa shape index (κ3) is 5.10. The highest BCUT2D eigenvalue weighted by Crippen LogP contribution is 2.41. The van der Waals surface area contributed by atoms with Crippen LogP contribution in [0.15, 0.2) is 77.3 Å². The van der Waals surface area contributed by atoms with E-state index < -0.39 is 18.4 Å². The van der Waals surface area contributed by atoms with Gasteiger partial charge >= 0.3 is 5.97 Å². The number of amides is 2. The van der Waals surface area contributed by atoms with Gasteiger partial charge in [0, 0.05) is 15.4 Å². The highest BCUT2D eigenvalue weighted by Gasteiger charge is 2.50. The summed E-state index contributed by atoms with van der Waals surface area (Å²) in [6.45, 7) is 3.16. The van der Waals surface area contributed by atoms with Crippen molar-refractivity contribution in [2.45, 2.75) is 20.3 Å². The number of allylic oxidation sites excluding steroid dienone is 2. The summed E-state index contributed by atoms with van der Waals surface area (Å²) in [5.41, 5.74) is 2.83. The normalized spacial score (nSPS) is 19.4. The number of phenolic OH excluding ortho intramolecular Hbond substituents is 1. The van der Waals surface area contributed by atoms with Crippen LogP contribution < -0.4 is 4.90 Å². The maximum absolute atomic E-state index is 13.4. The van der Waals surface area contributed by atoms with Crippen molar-refractivity contribution in [1.29, 1.82) is 0 Å². The molecular weight excluding hydrogens is 648 g/mol. The zero-order valence-electron chi connectivity index (χ0n) is 23.7. The van der Waals surface area contributed by atoms with E-state index in [0.717, 1.165) is 0 Å². The lowest BCUT2D eigenvalue weighted by Gasteiger charge is -2.22. The Morgan fingerprint density at radius 1 is 1.07 bits per heavy atom. The largest absolute Gasteiger partial charge is 0.507 e. The number of ketones is 1. The van der Waals surface area contributed by atoms with Crippen LogP contribution in [0.5, 0.6) is 5.75 Å². The number of aromatic hydroxyl groups is 1. The first-order valence-corrected chi connectivity index (χ1v) is 15.2. The number of Topliss-reactive ketones (excluding diaryl/α,β-unsaturated/α-hetero) is 1. The number of hydrogen-bond acceptors (Lipinski definition) is 7.